The van der Waals surface area contributed by atoms with E-state index < -0.39 is 0 Å². The quantitative estimate of drug-likeness (QED) is 0.589. The molecule has 1 atom stereocenters. The zero-order chi connectivity index (χ0) is 17.3. The molecule has 0 spiro atoms. The largest absolute Gasteiger partial charge is 0.381 e. The first-order chi connectivity index (χ1) is 12.9. The number of hydrogen-bond acceptors (Lipinski definition) is 2. The lowest BCUT2D eigenvalue weighted by Crippen LogP contribution is -2.10. The standard InChI is InChI=1S/C22H21N3O/c1-2-5-16(6-3-1)21-22(18-10-12-26-14-18)25(15-24-21)13-17-7-4-8-20-19(17)9-11-23-20/h1-9,11,15,18,23H,10,12-14H2/t18-/m0/s1. The van der Waals surface area contributed by atoms with Gasteiger partial charge in [-0.1, -0.05) is 42.5 Å². The van der Waals surface area contributed by atoms with E-state index in [1.807, 2.05) is 18.6 Å². The molecule has 26 heavy (non-hydrogen) atoms. The second-order valence-electron chi connectivity index (χ2n) is 6.89. The number of hydrogen-bond donors (Lipinski definition) is 1. The molecule has 4 nitrogen and oxygen atoms in total. The summed E-state index contributed by atoms with van der Waals surface area (Å²) in [4.78, 5) is 8.10. The Morgan fingerprint density at radius 1 is 1.08 bits per heavy atom. The van der Waals surface area contributed by atoms with Crippen molar-refractivity contribution in [1.82, 2.24) is 14.5 Å². The van der Waals surface area contributed by atoms with Crippen molar-refractivity contribution in [2.24, 2.45) is 0 Å². The molecule has 0 saturated carbocycles. The number of imidazole rings is 1. The minimum Gasteiger partial charge on any atom is -0.381 e. The van der Waals surface area contributed by atoms with Gasteiger partial charge in [0.2, 0.25) is 0 Å². The Balaban J connectivity index is 1.60. The van der Waals surface area contributed by atoms with Crippen LogP contribution in [0.1, 0.15) is 23.6 Å². The van der Waals surface area contributed by atoms with Gasteiger partial charge in [0, 0.05) is 41.7 Å². The molecule has 1 saturated heterocycles. The van der Waals surface area contributed by atoms with Crippen molar-refractivity contribution in [3.8, 4) is 11.3 Å². The van der Waals surface area contributed by atoms with Gasteiger partial charge in [-0.05, 0) is 24.1 Å². The molecule has 4 heteroatoms. The third-order valence-corrected chi connectivity index (χ3v) is 5.27. The van der Waals surface area contributed by atoms with E-state index in [0.717, 1.165) is 31.9 Å². The Hall–Kier alpha value is -2.85. The van der Waals surface area contributed by atoms with E-state index in [1.165, 1.54) is 27.7 Å². The topological polar surface area (TPSA) is 42.8 Å². The highest BCUT2D eigenvalue weighted by Crippen LogP contribution is 2.34. The molecule has 0 aliphatic carbocycles. The number of ether oxygens (including phenoxy) is 1. The number of aromatic nitrogens is 3. The Labute approximate surface area is 152 Å². The van der Waals surface area contributed by atoms with Gasteiger partial charge in [0.05, 0.1) is 24.3 Å². The number of nitrogens with one attached hydrogen (secondary N) is 1. The van der Waals surface area contributed by atoms with Crippen LogP contribution in [0.2, 0.25) is 0 Å². The fraction of sp³-hybridized carbons (Fsp3) is 0.227. The molecule has 2 aromatic heterocycles. The van der Waals surface area contributed by atoms with Gasteiger partial charge in [0.25, 0.3) is 0 Å². The van der Waals surface area contributed by atoms with Crippen molar-refractivity contribution in [2.45, 2.75) is 18.9 Å². The van der Waals surface area contributed by atoms with Gasteiger partial charge in [0.1, 0.15) is 0 Å². The number of fused-ring (bicyclic) bond motifs is 1. The summed E-state index contributed by atoms with van der Waals surface area (Å²) in [5.74, 6) is 0.401. The minimum atomic E-state index is 0.401. The molecular weight excluding hydrogens is 322 g/mol. The second-order valence-corrected chi connectivity index (χ2v) is 6.89. The van der Waals surface area contributed by atoms with Crippen LogP contribution in [0.25, 0.3) is 22.2 Å². The van der Waals surface area contributed by atoms with Gasteiger partial charge >= 0.3 is 0 Å². The van der Waals surface area contributed by atoms with Crippen LogP contribution in [0.5, 0.6) is 0 Å². The van der Waals surface area contributed by atoms with Crippen molar-refractivity contribution in [2.75, 3.05) is 13.2 Å². The molecule has 0 bridgehead atoms. The van der Waals surface area contributed by atoms with Gasteiger partial charge in [-0.3, -0.25) is 0 Å². The molecule has 0 radical (unpaired) electrons. The van der Waals surface area contributed by atoms with E-state index >= 15 is 0 Å². The van der Waals surface area contributed by atoms with E-state index in [9.17, 15) is 0 Å². The van der Waals surface area contributed by atoms with Gasteiger partial charge < -0.3 is 14.3 Å². The average molecular weight is 343 g/mol. The highest BCUT2D eigenvalue weighted by molar-refractivity contribution is 5.82. The number of H-pyrrole nitrogens is 1. The van der Waals surface area contributed by atoms with Crippen molar-refractivity contribution in [3.63, 3.8) is 0 Å². The van der Waals surface area contributed by atoms with Crippen LogP contribution < -0.4 is 0 Å². The smallest absolute Gasteiger partial charge is 0.0959 e. The van der Waals surface area contributed by atoms with Crippen LogP contribution in [0.4, 0.5) is 0 Å². The summed E-state index contributed by atoms with van der Waals surface area (Å²) in [6.45, 7) is 2.43. The van der Waals surface area contributed by atoms with E-state index in [0.29, 0.717) is 5.92 Å². The predicted octanol–water partition coefficient (Wildman–Crippen LogP) is 4.58. The molecule has 1 aliphatic heterocycles. The average Bonchev–Trinajstić information content (AvgIpc) is 3.43. The number of aromatic amines is 1. The summed E-state index contributed by atoms with van der Waals surface area (Å²) in [7, 11) is 0. The van der Waals surface area contributed by atoms with Crippen LogP contribution in [0.15, 0.2) is 67.1 Å². The minimum absolute atomic E-state index is 0.401. The molecule has 1 fully saturated rings. The fourth-order valence-electron chi connectivity index (χ4n) is 3.99. The summed E-state index contributed by atoms with van der Waals surface area (Å²) in [5, 5.41) is 1.27. The van der Waals surface area contributed by atoms with E-state index in [2.05, 4.69) is 58.1 Å². The van der Waals surface area contributed by atoms with Crippen LogP contribution in [0, 0.1) is 0 Å². The summed E-state index contributed by atoms with van der Waals surface area (Å²) in [6.07, 6.45) is 5.05. The molecule has 1 aliphatic rings. The Bertz CT molecular complexity index is 1030. The predicted molar refractivity (Wildman–Crippen MR) is 103 cm³/mol. The van der Waals surface area contributed by atoms with Crippen molar-refractivity contribution >= 4 is 10.9 Å². The van der Waals surface area contributed by atoms with Gasteiger partial charge in [-0.15, -0.1) is 0 Å². The second kappa shape index (κ2) is 6.46. The monoisotopic (exact) mass is 343 g/mol. The summed E-state index contributed by atoms with van der Waals surface area (Å²) in [5.41, 5.74) is 6.04. The zero-order valence-corrected chi connectivity index (χ0v) is 14.6. The van der Waals surface area contributed by atoms with Gasteiger partial charge in [-0.25, -0.2) is 4.98 Å². The third kappa shape index (κ3) is 2.63. The molecular formula is C22H21N3O. The first kappa shape index (κ1) is 15.4. The normalized spacial score (nSPS) is 17.2. The molecule has 130 valence electrons. The Morgan fingerprint density at radius 2 is 2.00 bits per heavy atom. The fourth-order valence-corrected chi connectivity index (χ4v) is 3.99. The van der Waals surface area contributed by atoms with Gasteiger partial charge in [0.15, 0.2) is 0 Å². The van der Waals surface area contributed by atoms with Crippen molar-refractivity contribution in [1.29, 1.82) is 0 Å². The maximum Gasteiger partial charge on any atom is 0.0959 e. The van der Waals surface area contributed by atoms with Crippen molar-refractivity contribution < 1.29 is 4.74 Å². The Morgan fingerprint density at radius 3 is 2.85 bits per heavy atom. The highest BCUT2D eigenvalue weighted by Gasteiger charge is 2.26. The summed E-state index contributed by atoms with van der Waals surface area (Å²) in [6, 6.07) is 19.1. The number of nitrogens with zero attached hydrogens (tertiary/aromatic N) is 2. The lowest BCUT2D eigenvalue weighted by atomic mass is 9.98. The lowest BCUT2D eigenvalue weighted by molar-refractivity contribution is 0.193. The van der Waals surface area contributed by atoms with E-state index in [1.54, 1.807) is 0 Å². The molecule has 2 aromatic carbocycles. The van der Waals surface area contributed by atoms with Crippen LogP contribution in [-0.4, -0.2) is 27.7 Å². The molecule has 1 N–H and O–H groups in total. The maximum absolute atomic E-state index is 5.69. The first-order valence-corrected chi connectivity index (χ1v) is 9.13. The number of benzene rings is 2. The number of rotatable bonds is 4. The maximum atomic E-state index is 5.69. The summed E-state index contributed by atoms with van der Waals surface area (Å²) >= 11 is 0. The Kier molecular flexibility index (Phi) is 3.83. The molecule has 4 aromatic rings. The molecule has 0 amide bonds. The van der Waals surface area contributed by atoms with Crippen LogP contribution in [0.3, 0.4) is 0 Å². The molecule has 5 rings (SSSR count). The first-order valence-electron chi connectivity index (χ1n) is 9.13. The molecule has 3 heterocycles. The van der Waals surface area contributed by atoms with Crippen molar-refractivity contribution in [3.05, 3.63) is 78.4 Å². The third-order valence-electron chi connectivity index (χ3n) is 5.27. The SMILES string of the molecule is c1ccc(-c2ncn(Cc3cccc4[nH]ccc34)c2[C@H]2CCOC2)cc1. The van der Waals surface area contributed by atoms with E-state index in [4.69, 9.17) is 9.72 Å². The highest BCUT2D eigenvalue weighted by atomic mass is 16.5. The zero-order valence-electron chi connectivity index (χ0n) is 14.6. The molecule has 0 unspecified atom stereocenters. The van der Waals surface area contributed by atoms with Gasteiger partial charge in [-0.2, -0.15) is 0 Å². The van der Waals surface area contributed by atoms with Crippen LogP contribution in [-0.2, 0) is 11.3 Å². The van der Waals surface area contributed by atoms with E-state index in [-0.39, 0.29) is 0 Å². The lowest BCUT2D eigenvalue weighted by Gasteiger charge is -2.15. The van der Waals surface area contributed by atoms with Crippen LogP contribution >= 0.6 is 0 Å². The summed E-state index contributed by atoms with van der Waals surface area (Å²) < 4.78 is 8.00.